The molecule has 0 spiro atoms. The number of hydrogen-bond donors (Lipinski definition) is 0. The minimum absolute atomic E-state index is 0.00181. The molecule has 0 fully saturated rings. The molecule has 0 heterocycles. The van der Waals surface area contributed by atoms with Crippen molar-refractivity contribution in [1.29, 1.82) is 0 Å². The summed E-state index contributed by atoms with van der Waals surface area (Å²) in [5, 5.41) is 2.59. The van der Waals surface area contributed by atoms with Crippen molar-refractivity contribution in [2.24, 2.45) is 23.7 Å². The van der Waals surface area contributed by atoms with Gasteiger partial charge in [-0.1, -0.05) is 119 Å². The summed E-state index contributed by atoms with van der Waals surface area (Å²) in [4.78, 5) is 0. The second kappa shape index (κ2) is 16.0. The summed E-state index contributed by atoms with van der Waals surface area (Å²) in [7, 11) is -1.02. The maximum Gasteiger partial charge on any atom is 0.261 e. The van der Waals surface area contributed by atoms with E-state index in [0.29, 0.717) is 30.5 Å². The Morgan fingerprint density at radius 1 is 0.976 bits per heavy atom. The summed E-state index contributed by atoms with van der Waals surface area (Å²) in [6, 6.07) is 22.0. The fourth-order valence-electron chi connectivity index (χ4n) is 7.21. The van der Waals surface area contributed by atoms with Gasteiger partial charge in [0.15, 0.2) is 0 Å². The van der Waals surface area contributed by atoms with E-state index in [0.717, 1.165) is 32.1 Å². The lowest BCUT2D eigenvalue weighted by atomic mass is 9.65. The molecular weight excluding hydrogens is 533 g/mol. The van der Waals surface area contributed by atoms with Crippen molar-refractivity contribution < 1.29 is 13.9 Å². The van der Waals surface area contributed by atoms with Gasteiger partial charge in [0.2, 0.25) is 0 Å². The molecule has 0 bridgehead atoms. The predicted molar refractivity (Wildman–Crippen MR) is 182 cm³/mol. The van der Waals surface area contributed by atoms with E-state index in [1.807, 2.05) is 6.08 Å². The highest BCUT2D eigenvalue weighted by atomic mass is 28.4. The Morgan fingerprint density at radius 2 is 1.57 bits per heavy atom. The molecule has 0 aliphatic heterocycles. The molecular formula is C38H56O3Si. The summed E-state index contributed by atoms with van der Waals surface area (Å²) in [5.74, 6) is 2.24. The van der Waals surface area contributed by atoms with Crippen molar-refractivity contribution >= 4 is 18.7 Å². The Kier molecular flexibility index (Phi) is 13.1. The molecule has 42 heavy (non-hydrogen) atoms. The third-order valence-corrected chi connectivity index (χ3v) is 14.5. The molecule has 0 N–H and O–H groups in total. The Labute approximate surface area is 258 Å². The minimum Gasteiger partial charge on any atom is -0.404 e. The van der Waals surface area contributed by atoms with Gasteiger partial charge in [-0.3, -0.25) is 0 Å². The van der Waals surface area contributed by atoms with Gasteiger partial charge in [-0.15, -0.1) is 13.2 Å². The molecule has 0 unspecified atom stereocenters. The average Bonchev–Trinajstić information content (AvgIpc) is 2.97. The van der Waals surface area contributed by atoms with Gasteiger partial charge < -0.3 is 13.9 Å². The van der Waals surface area contributed by atoms with E-state index in [1.165, 1.54) is 15.9 Å². The lowest BCUT2D eigenvalue weighted by Crippen LogP contribution is -2.67. The van der Waals surface area contributed by atoms with Crippen LogP contribution < -0.4 is 10.4 Å². The van der Waals surface area contributed by atoms with Crippen molar-refractivity contribution in [1.82, 2.24) is 0 Å². The third kappa shape index (κ3) is 8.22. The van der Waals surface area contributed by atoms with Crippen molar-refractivity contribution in [3.05, 3.63) is 97.6 Å². The lowest BCUT2D eigenvalue weighted by Gasteiger charge is -2.47. The molecule has 4 heteroatoms. The van der Waals surface area contributed by atoms with Gasteiger partial charge in [-0.25, -0.2) is 0 Å². The summed E-state index contributed by atoms with van der Waals surface area (Å²) >= 11 is 0. The molecule has 3 rings (SSSR count). The quantitative estimate of drug-likeness (QED) is 0.112. The molecule has 2 aromatic carbocycles. The van der Waals surface area contributed by atoms with E-state index in [4.69, 9.17) is 13.9 Å². The highest BCUT2D eigenvalue weighted by molar-refractivity contribution is 6.99. The van der Waals surface area contributed by atoms with Gasteiger partial charge in [0.1, 0.15) is 6.79 Å². The van der Waals surface area contributed by atoms with E-state index in [-0.39, 0.29) is 17.2 Å². The van der Waals surface area contributed by atoms with Crippen LogP contribution in [0.4, 0.5) is 0 Å². The van der Waals surface area contributed by atoms with E-state index >= 15 is 0 Å². The van der Waals surface area contributed by atoms with Crippen LogP contribution in [-0.2, 0) is 13.9 Å². The monoisotopic (exact) mass is 588 g/mol. The predicted octanol–water partition coefficient (Wildman–Crippen LogP) is 8.71. The zero-order valence-electron chi connectivity index (χ0n) is 27.4. The highest BCUT2D eigenvalue weighted by Gasteiger charge is 2.51. The Morgan fingerprint density at radius 3 is 2.05 bits per heavy atom. The summed E-state index contributed by atoms with van der Waals surface area (Å²) in [6.07, 6.45) is 11.6. The molecule has 5 atom stereocenters. The molecule has 0 aromatic heterocycles. The van der Waals surface area contributed by atoms with Crippen LogP contribution >= 0.6 is 0 Å². The second-order valence-corrected chi connectivity index (χ2v) is 17.7. The molecule has 3 nitrogen and oxygen atoms in total. The number of ether oxygens (including phenoxy) is 2. The largest absolute Gasteiger partial charge is 0.404 e. The molecule has 0 saturated heterocycles. The van der Waals surface area contributed by atoms with Crippen LogP contribution in [0.2, 0.25) is 5.04 Å². The third-order valence-electron chi connectivity index (χ3n) is 9.37. The summed E-state index contributed by atoms with van der Waals surface area (Å²) in [5.41, 5.74) is 1.50. The minimum atomic E-state index is -2.69. The lowest BCUT2D eigenvalue weighted by molar-refractivity contribution is -0.0604. The number of benzene rings is 2. The van der Waals surface area contributed by atoms with Gasteiger partial charge in [-0.2, -0.15) is 0 Å². The van der Waals surface area contributed by atoms with Crippen LogP contribution in [-0.4, -0.2) is 34.4 Å². The van der Waals surface area contributed by atoms with Crippen LogP contribution in [0, 0.1) is 23.7 Å². The molecule has 0 saturated carbocycles. The van der Waals surface area contributed by atoms with Crippen molar-refractivity contribution in [3.63, 3.8) is 0 Å². The topological polar surface area (TPSA) is 27.7 Å². The Balaban J connectivity index is 2.03. The first-order valence-corrected chi connectivity index (χ1v) is 17.8. The fourth-order valence-corrected chi connectivity index (χ4v) is 11.9. The smallest absolute Gasteiger partial charge is 0.261 e. The molecule has 1 aliphatic carbocycles. The zero-order valence-corrected chi connectivity index (χ0v) is 28.4. The maximum absolute atomic E-state index is 7.69. The first-order valence-electron chi connectivity index (χ1n) is 15.9. The highest BCUT2D eigenvalue weighted by Crippen LogP contribution is 2.45. The van der Waals surface area contributed by atoms with E-state index in [9.17, 15) is 0 Å². The van der Waals surface area contributed by atoms with Gasteiger partial charge >= 0.3 is 0 Å². The molecule has 0 radical (unpaired) electrons. The van der Waals surface area contributed by atoms with Gasteiger partial charge in [0.25, 0.3) is 8.32 Å². The molecule has 1 aliphatic rings. The molecule has 2 aromatic rings. The standard InChI is InChI=1S/C38H56O3Si/c1-10-18-32(41-42(38(6,7)8,33-19-14-12-15-20-33)34-21-16-13-17-22-34)27-37-30(5)23-25-35(29(3)4)36(37)26-24-31(11-2)40-28-39-9/h10-17,19-23,29,31-32,35-37H,1-2,18,24-28H2,3-9H3/t31-,32-,35-,36-,37+/m1/s1. The van der Waals surface area contributed by atoms with Crippen LogP contribution in [0.1, 0.15) is 73.6 Å². The van der Waals surface area contributed by atoms with Gasteiger partial charge in [0, 0.05) is 13.2 Å². The SMILES string of the molecule is C=CC[C@H](C[C@H]1C(C)=CC[C@H](C(C)C)[C@H]1CC[C@@H](C=C)OCOC)O[Si](c1ccccc1)(c1ccccc1)C(C)(C)C. The summed E-state index contributed by atoms with van der Waals surface area (Å²) < 4.78 is 18.8. The maximum atomic E-state index is 7.69. The van der Waals surface area contributed by atoms with Crippen LogP contribution in [0.15, 0.2) is 97.6 Å². The normalized spacial score (nSPS) is 21.0. The Hall–Kier alpha value is -2.24. The van der Waals surface area contributed by atoms with Crippen molar-refractivity contribution in [2.45, 2.75) is 90.9 Å². The first kappa shape index (κ1) is 34.2. The van der Waals surface area contributed by atoms with Crippen molar-refractivity contribution in [3.8, 4) is 0 Å². The number of allylic oxidation sites excluding steroid dienone is 2. The summed E-state index contributed by atoms with van der Waals surface area (Å²) in [6.45, 7) is 22.7. The fraction of sp³-hybridized carbons (Fsp3) is 0.526. The molecule has 0 amide bonds. The number of rotatable bonds is 16. The van der Waals surface area contributed by atoms with E-state index < -0.39 is 8.32 Å². The van der Waals surface area contributed by atoms with Crippen LogP contribution in [0.5, 0.6) is 0 Å². The van der Waals surface area contributed by atoms with Crippen LogP contribution in [0.25, 0.3) is 0 Å². The Bertz CT molecular complexity index is 1080. The average molecular weight is 589 g/mol. The number of hydrogen-bond acceptors (Lipinski definition) is 3. The van der Waals surface area contributed by atoms with Gasteiger partial charge in [0.05, 0.1) is 6.10 Å². The first-order chi connectivity index (χ1) is 20.1. The zero-order chi connectivity index (χ0) is 30.8. The van der Waals surface area contributed by atoms with Crippen molar-refractivity contribution in [2.75, 3.05) is 13.9 Å². The number of methoxy groups -OCH3 is 1. The second-order valence-electron chi connectivity index (χ2n) is 13.4. The van der Waals surface area contributed by atoms with Crippen LogP contribution in [0.3, 0.4) is 0 Å². The molecule has 230 valence electrons. The van der Waals surface area contributed by atoms with Gasteiger partial charge in [-0.05, 0) is 78.1 Å². The van der Waals surface area contributed by atoms with E-state index in [2.05, 4.69) is 128 Å². The van der Waals surface area contributed by atoms with E-state index in [1.54, 1.807) is 7.11 Å².